The standard InChI is InChI=1S/C20H28N2O2/c1-4-19(23,5-2)14-10-20(24)15-7-6-8-16-18(15)13(11-21-16)9-17(20)22(3)12-14/h6-8,11,14,17,21,23-24H,4-5,9-10,12H2,1-3H3/t14-,17-,20+/m1/s1. The zero-order valence-electron chi connectivity index (χ0n) is 14.8. The number of nitrogens with zero attached hydrogens (tertiary/aromatic N) is 1. The van der Waals surface area contributed by atoms with Gasteiger partial charge in [-0.25, -0.2) is 0 Å². The number of rotatable bonds is 3. The number of nitrogens with one attached hydrogen (secondary N) is 1. The minimum absolute atomic E-state index is 0.0700. The van der Waals surface area contributed by atoms with Gasteiger partial charge in [0.15, 0.2) is 0 Å². The number of likely N-dealkylation sites (tertiary alicyclic amines) is 1. The first kappa shape index (κ1) is 16.1. The molecule has 4 rings (SSSR count). The van der Waals surface area contributed by atoms with Crippen LogP contribution in [-0.4, -0.2) is 45.3 Å². The van der Waals surface area contributed by atoms with E-state index < -0.39 is 11.2 Å². The molecule has 0 amide bonds. The minimum atomic E-state index is -0.898. The summed E-state index contributed by atoms with van der Waals surface area (Å²) in [5.74, 6) is 0.0782. The molecule has 1 aliphatic carbocycles. The monoisotopic (exact) mass is 328 g/mol. The lowest BCUT2D eigenvalue weighted by atomic mass is 9.65. The Labute approximate surface area is 143 Å². The summed E-state index contributed by atoms with van der Waals surface area (Å²) in [6.07, 6.45) is 5.02. The van der Waals surface area contributed by atoms with Crippen molar-refractivity contribution in [2.75, 3.05) is 13.6 Å². The Kier molecular flexibility index (Phi) is 3.57. The fourth-order valence-electron chi connectivity index (χ4n) is 5.20. The lowest BCUT2D eigenvalue weighted by molar-refractivity contribution is -0.147. The lowest BCUT2D eigenvalue weighted by Gasteiger charge is -2.54. The summed E-state index contributed by atoms with van der Waals surface area (Å²) >= 11 is 0. The largest absolute Gasteiger partial charge is 0.390 e. The van der Waals surface area contributed by atoms with Crippen LogP contribution in [-0.2, 0) is 12.0 Å². The Morgan fingerprint density at radius 1 is 1.33 bits per heavy atom. The highest BCUT2D eigenvalue weighted by Crippen LogP contribution is 2.49. The molecule has 4 nitrogen and oxygen atoms in total. The highest BCUT2D eigenvalue weighted by atomic mass is 16.3. The number of piperidine rings is 1. The fraction of sp³-hybridized carbons (Fsp3) is 0.600. The quantitative estimate of drug-likeness (QED) is 0.812. The number of likely N-dealkylation sites (N-methyl/N-ethyl adjacent to an activating group) is 1. The Hall–Kier alpha value is -1.36. The predicted molar refractivity (Wildman–Crippen MR) is 96.0 cm³/mol. The van der Waals surface area contributed by atoms with Crippen LogP contribution in [0.4, 0.5) is 0 Å². The molecule has 0 bridgehead atoms. The van der Waals surface area contributed by atoms with Crippen LogP contribution < -0.4 is 0 Å². The number of aromatic amines is 1. The van der Waals surface area contributed by atoms with Gasteiger partial charge in [-0.2, -0.15) is 0 Å². The summed E-state index contributed by atoms with van der Waals surface area (Å²) in [6, 6.07) is 6.23. The molecular formula is C20H28N2O2. The van der Waals surface area contributed by atoms with Crippen molar-refractivity contribution < 1.29 is 10.2 Å². The fourth-order valence-corrected chi connectivity index (χ4v) is 5.20. The van der Waals surface area contributed by atoms with E-state index in [4.69, 9.17) is 0 Å². The highest BCUT2D eigenvalue weighted by molar-refractivity contribution is 5.88. The molecule has 1 fully saturated rings. The van der Waals surface area contributed by atoms with Crippen LogP contribution in [0.5, 0.6) is 0 Å². The van der Waals surface area contributed by atoms with Crippen molar-refractivity contribution in [1.29, 1.82) is 0 Å². The van der Waals surface area contributed by atoms with Crippen LogP contribution in [0.25, 0.3) is 10.9 Å². The van der Waals surface area contributed by atoms with Crippen molar-refractivity contribution in [1.82, 2.24) is 9.88 Å². The van der Waals surface area contributed by atoms with Crippen molar-refractivity contribution in [2.45, 2.75) is 56.8 Å². The summed E-state index contributed by atoms with van der Waals surface area (Å²) in [5, 5.41) is 24.1. The summed E-state index contributed by atoms with van der Waals surface area (Å²) < 4.78 is 0. The molecule has 1 aromatic carbocycles. The first-order chi connectivity index (χ1) is 11.4. The first-order valence-electron chi connectivity index (χ1n) is 9.17. The van der Waals surface area contributed by atoms with Crippen molar-refractivity contribution >= 4 is 10.9 Å². The molecule has 4 heteroatoms. The predicted octanol–water partition coefficient (Wildman–Crippen LogP) is 2.78. The number of hydrogen-bond acceptors (Lipinski definition) is 3. The normalized spacial score (nSPS) is 30.5. The number of aromatic nitrogens is 1. The Bertz CT molecular complexity index is 764. The number of H-pyrrole nitrogens is 1. The highest BCUT2D eigenvalue weighted by Gasteiger charge is 2.53. The first-order valence-corrected chi connectivity index (χ1v) is 9.17. The maximum Gasteiger partial charge on any atom is 0.106 e. The molecule has 2 heterocycles. The smallest absolute Gasteiger partial charge is 0.106 e. The van der Waals surface area contributed by atoms with E-state index in [2.05, 4.69) is 35.3 Å². The van der Waals surface area contributed by atoms with Gasteiger partial charge in [0, 0.05) is 35.6 Å². The van der Waals surface area contributed by atoms with E-state index in [0.717, 1.165) is 36.9 Å². The third-order valence-electron chi connectivity index (χ3n) is 6.80. The molecule has 2 aliphatic rings. The van der Waals surface area contributed by atoms with E-state index in [1.807, 2.05) is 19.9 Å². The van der Waals surface area contributed by atoms with Crippen LogP contribution in [0.15, 0.2) is 24.4 Å². The summed E-state index contributed by atoms with van der Waals surface area (Å²) in [6.45, 7) is 4.93. The second-order valence-corrected chi connectivity index (χ2v) is 7.84. The Balaban J connectivity index is 1.84. The van der Waals surface area contributed by atoms with E-state index in [1.54, 1.807) is 0 Å². The van der Waals surface area contributed by atoms with E-state index >= 15 is 0 Å². The number of fused-ring (bicyclic) bond motifs is 2. The molecule has 24 heavy (non-hydrogen) atoms. The SMILES string of the molecule is CCC(O)(CC)[C@H]1CN(C)[C@@H]2Cc3c[nH]c4cccc(c34)[C@@]2(O)C1. The second-order valence-electron chi connectivity index (χ2n) is 7.84. The van der Waals surface area contributed by atoms with Gasteiger partial charge in [-0.1, -0.05) is 26.0 Å². The van der Waals surface area contributed by atoms with Gasteiger partial charge in [-0.15, -0.1) is 0 Å². The van der Waals surface area contributed by atoms with E-state index in [-0.39, 0.29) is 12.0 Å². The van der Waals surface area contributed by atoms with Gasteiger partial charge in [-0.3, -0.25) is 4.90 Å². The number of benzene rings is 1. The van der Waals surface area contributed by atoms with Crippen molar-refractivity contribution in [3.8, 4) is 0 Å². The van der Waals surface area contributed by atoms with Crippen LogP contribution >= 0.6 is 0 Å². The van der Waals surface area contributed by atoms with Crippen LogP contribution in [0, 0.1) is 5.92 Å². The molecule has 3 atom stereocenters. The minimum Gasteiger partial charge on any atom is -0.390 e. The summed E-state index contributed by atoms with van der Waals surface area (Å²) in [4.78, 5) is 5.61. The molecule has 0 spiro atoms. The maximum atomic E-state index is 11.8. The van der Waals surface area contributed by atoms with Crippen molar-refractivity contribution in [2.24, 2.45) is 5.92 Å². The van der Waals surface area contributed by atoms with E-state index in [9.17, 15) is 10.2 Å². The van der Waals surface area contributed by atoms with Gasteiger partial charge >= 0.3 is 0 Å². The van der Waals surface area contributed by atoms with Gasteiger partial charge in [0.25, 0.3) is 0 Å². The van der Waals surface area contributed by atoms with Crippen molar-refractivity contribution in [3.05, 3.63) is 35.5 Å². The zero-order chi connectivity index (χ0) is 17.1. The van der Waals surface area contributed by atoms with Gasteiger partial charge in [0.2, 0.25) is 0 Å². The summed E-state index contributed by atoms with van der Waals surface area (Å²) in [5.41, 5.74) is 1.81. The second kappa shape index (κ2) is 5.32. The van der Waals surface area contributed by atoms with E-state index in [0.29, 0.717) is 6.42 Å². The third kappa shape index (κ3) is 2.03. The van der Waals surface area contributed by atoms with Gasteiger partial charge in [-0.05, 0) is 49.9 Å². The van der Waals surface area contributed by atoms with Gasteiger partial charge in [0.1, 0.15) is 5.60 Å². The zero-order valence-corrected chi connectivity index (χ0v) is 14.8. The molecule has 1 saturated heterocycles. The van der Waals surface area contributed by atoms with Gasteiger partial charge in [0.05, 0.1) is 5.60 Å². The van der Waals surface area contributed by atoms with E-state index in [1.165, 1.54) is 10.9 Å². The molecule has 0 radical (unpaired) electrons. The lowest BCUT2D eigenvalue weighted by Crippen LogP contribution is -2.62. The van der Waals surface area contributed by atoms with Crippen molar-refractivity contribution in [3.63, 3.8) is 0 Å². The molecule has 1 aliphatic heterocycles. The van der Waals surface area contributed by atoms with Crippen LogP contribution in [0.3, 0.4) is 0 Å². The Morgan fingerprint density at radius 3 is 2.79 bits per heavy atom. The third-order valence-corrected chi connectivity index (χ3v) is 6.80. The van der Waals surface area contributed by atoms with Gasteiger partial charge < -0.3 is 15.2 Å². The van der Waals surface area contributed by atoms with Crippen LogP contribution in [0.2, 0.25) is 0 Å². The number of aliphatic hydroxyl groups is 2. The Morgan fingerprint density at radius 2 is 2.08 bits per heavy atom. The maximum absolute atomic E-state index is 11.8. The molecule has 0 saturated carbocycles. The molecule has 0 unspecified atom stereocenters. The molecule has 130 valence electrons. The molecule has 1 aromatic heterocycles. The molecular weight excluding hydrogens is 300 g/mol. The number of hydrogen-bond donors (Lipinski definition) is 3. The average molecular weight is 328 g/mol. The average Bonchev–Trinajstić information content (AvgIpc) is 3.00. The van der Waals surface area contributed by atoms with Crippen LogP contribution in [0.1, 0.15) is 44.2 Å². The summed E-state index contributed by atoms with van der Waals surface area (Å²) in [7, 11) is 2.09. The molecule has 2 aromatic rings. The topological polar surface area (TPSA) is 59.5 Å². The molecule has 3 N–H and O–H groups in total.